The summed E-state index contributed by atoms with van der Waals surface area (Å²) in [6, 6.07) is 22.8. The van der Waals surface area contributed by atoms with Crippen LogP contribution < -0.4 is 15.6 Å². The van der Waals surface area contributed by atoms with E-state index in [-0.39, 0.29) is 5.82 Å². The summed E-state index contributed by atoms with van der Waals surface area (Å²) >= 11 is 3.50. The summed E-state index contributed by atoms with van der Waals surface area (Å²) in [6.45, 7) is 6.25. The van der Waals surface area contributed by atoms with Gasteiger partial charge in [0.05, 0.1) is 23.9 Å². The highest BCUT2D eigenvalue weighted by atomic mass is 79.9. The molecular formula is C29H28BrN3O4. The Morgan fingerprint density at radius 2 is 1.76 bits per heavy atom. The molecule has 8 heteroatoms. The number of aromatic amines is 1. The van der Waals surface area contributed by atoms with Crippen molar-refractivity contribution >= 4 is 27.7 Å². The van der Waals surface area contributed by atoms with Crippen LogP contribution in [0.2, 0.25) is 0 Å². The molecule has 3 aromatic carbocycles. The Labute approximate surface area is 224 Å². The zero-order chi connectivity index (χ0) is 26.6. The summed E-state index contributed by atoms with van der Waals surface area (Å²) in [5.41, 5.74) is 3.27. The number of benzene rings is 3. The first-order valence-corrected chi connectivity index (χ1v) is 12.5. The number of hydrogen-bond donors (Lipinski definition) is 2. The van der Waals surface area contributed by atoms with Crippen LogP contribution in [0.25, 0.3) is 11.3 Å². The maximum Gasteiger partial charge on any atom is 0.337 e. The predicted molar refractivity (Wildman–Crippen MR) is 148 cm³/mol. The van der Waals surface area contributed by atoms with Gasteiger partial charge in [-0.2, -0.15) is 0 Å². The van der Waals surface area contributed by atoms with Crippen LogP contribution in [0.5, 0.6) is 5.75 Å². The first-order chi connectivity index (χ1) is 17.7. The number of anilines is 1. The van der Waals surface area contributed by atoms with Crippen LogP contribution in [-0.4, -0.2) is 23.0 Å². The first-order valence-electron chi connectivity index (χ1n) is 11.7. The lowest BCUT2D eigenvalue weighted by molar-refractivity contribution is 0.0601. The molecule has 4 aromatic rings. The number of aryl methyl sites for hydroxylation is 1. The zero-order valence-corrected chi connectivity index (χ0v) is 22.7. The van der Waals surface area contributed by atoms with E-state index in [0.717, 1.165) is 16.7 Å². The predicted octanol–water partition coefficient (Wildman–Crippen LogP) is 6.22. The van der Waals surface area contributed by atoms with Gasteiger partial charge < -0.3 is 19.8 Å². The molecule has 0 saturated carbocycles. The van der Waals surface area contributed by atoms with E-state index in [4.69, 9.17) is 9.47 Å². The lowest BCUT2D eigenvalue weighted by Gasteiger charge is -2.29. The fourth-order valence-electron chi connectivity index (χ4n) is 4.04. The lowest BCUT2D eigenvalue weighted by atomic mass is 9.93. The number of carbonyl (C=O) groups is 1. The molecule has 0 radical (unpaired) electrons. The molecule has 0 aliphatic rings. The summed E-state index contributed by atoms with van der Waals surface area (Å²) in [5, 5.41) is 3.28. The van der Waals surface area contributed by atoms with E-state index < -0.39 is 17.1 Å². The summed E-state index contributed by atoms with van der Waals surface area (Å²) in [7, 11) is 1.33. The second kappa shape index (κ2) is 11.0. The normalized spacial score (nSPS) is 11.2. The minimum atomic E-state index is -0.686. The zero-order valence-electron chi connectivity index (χ0n) is 21.1. The van der Waals surface area contributed by atoms with Crippen molar-refractivity contribution in [3.63, 3.8) is 0 Å². The van der Waals surface area contributed by atoms with Gasteiger partial charge in [0.25, 0.3) is 5.56 Å². The Kier molecular flexibility index (Phi) is 7.78. The van der Waals surface area contributed by atoms with Crippen LogP contribution in [0.3, 0.4) is 0 Å². The molecular weight excluding hydrogens is 534 g/mol. The topological polar surface area (TPSA) is 93.3 Å². The van der Waals surface area contributed by atoms with Gasteiger partial charge >= 0.3 is 5.97 Å². The molecule has 0 bridgehead atoms. The summed E-state index contributed by atoms with van der Waals surface area (Å²) in [5.74, 6) is 0.410. The second-order valence-electron chi connectivity index (χ2n) is 9.12. The van der Waals surface area contributed by atoms with Crippen LogP contribution in [0.4, 0.5) is 5.82 Å². The van der Waals surface area contributed by atoms with Gasteiger partial charge in [0, 0.05) is 11.1 Å². The lowest BCUT2D eigenvalue weighted by Crippen LogP contribution is -2.32. The van der Waals surface area contributed by atoms with Gasteiger partial charge in [0.2, 0.25) is 0 Å². The minimum absolute atomic E-state index is 0.153. The number of methoxy groups -OCH3 is 1. The molecule has 0 spiro atoms. The van der Waals surface area contributed by atoms with Crippen molar-refractivity contribution in [2.75, 3.05) is 12.4 Å². The van der Waals surface area contributed by atoms with Crippen molar-refractivity contribution in [1.82, 2.24) is 9.97 Å². The van der Waals surface area contributed by atoms with Crippen LogP contribution in [0, 0.1) is 6.92 Å². The summed E-state index contributed by atoms with van der Waals surface area (Å²) < 4.78 is 11.4. The Hall–Kier alpha value is -3.91. The maximum absolute atomic E-state index is 13.1. The molecule has 0 atom stereocenters. The van der Waals surface area contributed by atoms with Gasteiger partial charge in [-0.1, -0.05) is 54.6 Å². The number of H-pyrrole nitrogens is 1. The van der Waals surface area contributed by atoms with Gasteiger partial charge in [-0.3, -0.25) is 4.79 Å². The molecule has 0 unspecified atom stereocenters. The average molecular weight is 562 g/mol. The maximum atomic E-state index is 13.1. The van der Waals surface area contributed by atoms with E-state index in [2.05, 4.69) is 31.2 Å². The number of nitrogens with one attached hydrogen (secondary N) is 2. The number of rotatable bonds is 8. The highest BCUT2D eigenvalue weighted by Gasteiger charge is 2.27. The SMILES string of the molecule is COC(=O)c1ccc(C)c(-c2[nH]c(=O)c(NC(C)(C)c3ccccc3OCc3ccccc3)nc2Br)c1. The van der Waals surface area contributed by atoms with E-state index in [9.17, 15) is 9.59 Å². The van der Waals surface area contributed by atoms with Crippen molar-refractivity contribution in [3.8, 4) is 17.0 Å². The quantitative estimate of drug-likeness (QED) is 0.248. The molecule has 0 fully saturated rings. The molecule has 1 aromatic heterocycles. The fraction of sp³-hybridized carbons (Fsp3) is 0.207. The number of halogens is 1. The molecule has 0 aliphatic carbocycles. The number of carbonyl (C=O) groups excluding carboxylic acids is 1. The number of esters is 1. The number of para-hydroxylation sites is 1. The molecule has 4 rings (SSSR count). The number of ether oxygens (including phenoxy) is 2. The summed E-state index contributed by atoms with van der Waals surface area (Å²) in [4.78, 5) is 32.6. The van der Waals surface area contributed by atoms with Crippen molar-refractivity contribution in [1.29, 1.82) is 0 Å². The molecule has 1 heterocycles. The summed E-state index contributed by atoms with van der Waals surface area (Å²) in [6.07, 6.45) is 0. The third-order valence-corrected chi connectivity index (χ3v) is 6.60. The molecule has 2 N–H and O–H groups in total. The molecule has 0 aliphatic heterocycles. The van der Waals surface area contributed by atoms with E-state index in [1.807, 2.05) is 75.4 Å². The van der Waals surface area contributed by atoms with Crippen molar-refractivity contribution in [3.05, 3.63) is 110 Å². The van der Waals surface area contributed by atoms with Crippen LogP contribution in [-0.2, 0) is 16.9 Å². The Bertz CT molecular complexity index is 1480. The molecule has 0 saturated heterocycles. The van der Waals surface area contributed by atoms with Gasteiger partial charge in [-0.05, 0) is 66.0 Å². The van der Waals surface area contributed by atoms with Crippen LogP contribution >= 0.6 is 15.9 Å². The Morgan fingerprint density at radius 3 is 2.49 bits per heavy atom. The number of aromatic nitrogens is 2. The highest BCUT2D eigenvalue weighted by Crippen LogP contribution is 2.33. The molecule has 0 amide bonds. The van der Waals surface area contributed by atoms with Gasteiger partial charge in [0.15, 0.2) is 5.82 Å². The van der Waals surface area contributed by atoms with E-state index >= 15 is 0 Å². The third-order valence-electron chi connectivity index (χ3n) is 6.03. The monoisotopic (exact) mass is 561 g/mol. The van der Waals surface area contributed by atoms with Gasteiger partial charge in [-0.25, -0.2) is 9.78 Å². The van der Waals surface area contributed by atoms with E-state index in [1.54, 1.807) is 18.2 Å². The fourth-order valence-corrected chi connectivity index (χ4v) is 4.53. The largest absolute Gasteiger partial charge is 0.489 e. The number of hydrogen-bond acceptors (Lipinski definition) is 6. The second-order valence-corrected chi connectivity index (χ2v) is 9.87. The van der Waals surface area contributed by atoms with Crippen LogP contribution in [0.15, 0.2) is 82.2 Å². The third kappa shape index (κ3) is 5.91. The van der Waals surface area contributed by atoms with Crippen molar-refractivity contribution < 1.29 is 14.3 Å². The molecule has 37 heavy (non-hydrogen) atoms. The first kappa shape index (κ1) is 26.2. The van der Waals surface area contributed by atoms with Gasteiger partial charge in [-0.15, -0.1) is 0 Å². The Balaban J connectivity index is 1.63. The minimum Gasteiger partial charge on any atom is -0.489 e. The van der Waals surface area contributed by atoms with Crippen molar-refractivity contribution in [2.45, 2.75) is 32.9 Å². The average Bonchev–Trinajstić information content (AvgIpc) is 2.90. The van der Waals surface area contributed by atoms with Crippen LogP contribution in [0.1, 0.15) is 40.9 Å². The molecule has 7 nitrogen and oxygen atoms in total. The van der Waals surface area contributed by atoms with Gasteiger partial charge in [0.1, 0.15) is 17.0 Å². The smallest absolute Gasteiger partial charge is 0.337 e. The van der Waals surface area contributed by atoms with Crippen molar-refractivity contribution in [2.24, 2.45) is 0 Å². The molecule has 190 valence electrons. The standard InChI is InChI=1S/C29H28BrN3O4/c1-18-14-15-20(28(35)36-4)16-21(18)24-25(30)32-26(27(34)31-24)33-29(2,3)22-12-8-9-13-23(22)37-17-19-10-6-5-7-11-19/h5-16H,17H2,1-4H3,(H,31,34)(H,32,33). The number of nitrogens with zero attached hydrogens (tertiary/aromatic N) is 1. The highest BCUT2D eigenvalue weighted by molar-refractivity contribution is 9.10. The van der Waals surface area contributed by atoms with E-state index in [0.29, 0.717) is 33.8 Å². The van der Waals surface area contributed by atoms with E-state index in [1.165, 1.54) is 7.11 Å². The Morgan fingerprint density at radius 1 is 1.05 bits per heavy atom.